The zero-order chi connectivity index (χ0) is 19.5. The van der Waals surface area contributed by atoms with Crippen molar-refractivity contribution in [3.63, 3.8) is 0 Å². The molecule has 28 heavy (non-hydrogen) atoms. The van der Waals surface area contributed by atoms with Gasteiger partial charge in [-0.3, -0.25) is 9.78 Å². The van der Waals surface area contributed by atoms with Crippen molar-refractivity contribution >= 4 is 16.9 Å². The van der Waals surface area contributed by atoms with Crippen LogP contribution in [-0.4, -0.2) is 25.7 Å². The number of fused-ring (bicyclic) bond motifs is 1. The summed E-state index contributed by atoms with van der Waals surface area (Å²) in [7, 11) is 0. The Morgan fingerprint density at radius 2 is 1.79 bits per heavy atom. The van der Waals surface area contributed by atoms with Crippen LogP contribution in [0.25, 0.3) is 11.0 Å². The van der Waals surface area contributed by atoms with Gasteiger partial charge in [0, 0.05) is 23.8 Å². The molecule has 1 unspecified atom stereocenters. The molecule has 0 saturated carbocycles. The van der Waals surface area contributed by atoms with E-state index in [9.17, 15) is 4.79 Å². The lowest BCUT2D eigenvalue weighted by Crippen LogP contribution is -2.30. The van der Waals surface area contributed by atoms with Crippen molar-refractivity contribution in [3.8, 4) is 0 Å². The Labute approximate surface area is 163 Å². The lowest BCUT2D eigenvalue weighted by atomic mass is 10.0. The first-order chi connectivity index (χ1) is 13.6. The third-order valence-electron chi connectivity index (χ3n) is 4.58. The molecule has 1 atom stereocenters. The molecule has 0 bridgehead atoms. The number of nitrogens with zero attached hydrogens (tertiary/aromatic N) is 4. The first kappa shape index (κ1) is 17.9. The van der Waals surface area contributed by atoms with Crippen LogP contribution in [0.4, 0.5) is 0 Å². The fourth-order valence-corrected chi connectivity index (χ4v) is 3.18. The van der Waals surface area contributed by atoms with Crippen LogP contribution in [0.15, 0.2) is 73.2 Å². The van der Waals surface area contributed by atoms with E-state index >= 15 is 0 Å². The molecule has 6 heteroatoms. The van der Waals surface area contributed by atoms with E-state index < -0.39 is 0 Å². The molecule has 0 spiro atoms. The minimum absolute atomic E-state index is 0.203. The van der Waals surface area contributed by atoms with Crippen molar-refractivity contribution in [1.29, 1.82) is 0 Å². The van der Waals surface area contributed by atoms with E-state index in [1.165, 1.54) is 0 Å². The van der Waals surface area contributed by atoms with E-state index in [1.807, 2.05) is 73.1 Å². The van der Waals surface area contributed by atoms with Crippen LogP contribution in [-0.2, 0) is 0 Å². The maximum atomic E-state index is 13.0. The minimum atomic E-state index is -0.344. The van der Waals surface area contributed by atoms with Gasteiger partial charge in [-0.2, -0.15) is 5.10 Å². The quantitative estimate of drug-likeness (QED) is 0.577. The molecule has 4 rings (SSSR count). The summed E-state index contributed by atoms with van der Waals surface area (Å²) in [6.07, 6.45) is 5.07. The van der Waals surface area contributed by atoms with E-state index in [1.54, 1.807) is 18.6 Å². The molecule has 0 saturated heterocycles. The molecule has 0 radical (unpaired) electrons. The third kappa shape index (κ3) is 3.49. The van der Waals surface area contributed by atoms with E-state index in [0.29, 0.717) is 5.56 Å². The molecule has 3 aromatic heterocycles. The van der Waals surface area contributed by atoms with Crippen LogP contribution in [0.2, 0.25) is 0 Å². The maximum absolute atomic E-state index is 13.0. The summed E-state index contributed by atoms with van der Waals surface area (Å²) in [6.45, 7) is 4.10. The summed E-state index contributed by atoms with van der Waals surface area (Å²) >= 11 is 0. The third-order valence-corrected chi connectivity index (χ3v) is 4.58. The fraction of sp³-hybridized carbons (Fsp3) is 0.182. The van der Waals surface area contributed by atoms with Crippen molar-refractivity contribution in [2.24, 2.45) is 0 Å². The number of carbonyl (C=O) groups excluding carboxylic acids is 1. The van der Waals surface area contributed by atoms with Crippen LogP contribution in [0.1, 0.15) is 47.5 Å². The summed E-state index contributed by atoms with van der Waals surface area (Å²) in [5, 5.41) is 8.30. The van der Waals surface area contributed by atoms with Crippen LogP contribution < -0.4 is 5.32 Å². The summed E-state index contributed by atoms with van der Waals surface area (Å²) < 4.78 is 1.84. The van der Waals surface area contributed by atoms with Crippen LogP contribution in [0.3, 0.4) is 0 Å². The number of carbonyl (C=O) groups is 1. The van der Waals surface area contributed by atoms with Gasteiger partial charge in [-0.05, 0) is 37.6 Å². The van der Waals surface area contributed by atoms with E-state index in [0.717, 1.165) is 22.3 Å². The highest BCUT2D eigenvalue weighted by atomic mass is 16.1. The van der Waals surface area contributed by atoms with Gasteiger partial charge in [0.05, 0.1) is 23.5 Å². The molecule has 0 aliphatic heterocycles. The zero-order valence-electron chi connectivity index (χ0n) is 15.8. The first-order valence-corrected chi connectivity index (χ1v) is 9.23. The highest BCUT2D eigenvalue weighted by Gasteiger charge is 2.19. The van der Waals surface area contributed by atoms with Gasteiger partial charge >= 0.3 is 0 Å². The van der Waals surface area contributed by atoms with Gasteiger partial charge < -0.3 is 5.32 Å². The van der Waals surface area contributed by atoms with Gasteiger partial charge in [0.15, 0.2) is 5.65 Å². The highest BCUT2D eigenvalue weighted by molar-refractivity contribution is 5.97. The highest BCUT2D eigenvalue weighted by Crippen LogP contribution is 2.22. The SMILES string of the molecule is CC(C)n1ncc2cc(C(=O)NC(c3ccccc3)c3ccccn3)cnc21. The second-order valence-corrected chi connectivity index (χ2v) is 6.89. The predicted molar refractivity (Wildman–Crippen MR) is 108 cm³/mol. The molecule has 6 nitrogen and oxygen atoms in total. The monoisotopic (exact) mass is 371 g/mol. The lowest BCUT2D eigenvalue weighted by Gasteiger charge is -2.19. The maximum Gasteiger partial charge on any atom is 0.253 e. The second kappa shape index (κ2) is 7.60. The number of rotatable bonds is 5. The van der Waals surface area contributed by atoms with E-state index in [4.69, 9.17) is 0 Å². The Bertz CT molecular complexity index is 1050. The largest absolute Gasteiger partial charge is 0.339 e. The van der Waals surface area contributed by atoms with Crippen molar-refractivity contribution < 1.29 is 4.79 Å². The molecule has 0 aliphatic rings. The molecule has 1 aromatic carbocycles. The van der Waals surface area contributed by atoms with E-state index in [2.05, 4.69) is 20.4 Å². The number of pyridine rings is 2. The molecule has 4 aromatic rings. The van der Waals surface area contributed by atoms with Crippen LogP contribution >= 0.6 is 0 Å². The molecular formula is C22H21N5O. The Hall–Kier alpha value is -3.54. The molecule has 0 fully saturated rings. The first-order valence-electron chi connectivity index (χ1n) is 9.23. The van der Waals surface area contributed by atoms with Crippen molar-refractivity contribution in [2.75, 3.05) is 0 Å². The van der Waals surface area contributed by atoms with Crippen LogP contribution in [0.5, 0.6) is 0 Å². The Kier molecular flexibility index (Phi) is 4.85. The number of amides is 1. The Morgan fingerprint density at radius 1 is 1.00 bits per heavy atom. The molecule has 1 N–H and O–H groups in total. The lowest BCUT2D eigenvalue weighted by molar-refractivity contribution is 0.0942. The molecular weight excluding hydrogens is 350 g/mol. The minimum Gasteiger partial charge on any atom is -0.339 e. The normalized spacial score (nSPS) is 12.2. The number of benzene rings is 1. The van der Waals surface area contributed by atoms with Gasteiger partial charge in [-0.25, -0.2) is 9.67 Å². The number of nitrogens with one attached hydrogen (secondary N) is 1. The van der Waals surface area contributed by atoms with Crippen molar-refractivity contribution in [2.45, 2.75) is 25.9 Å². The van der Waals surface area contributed by atoms with Gasteiger partial charge in [0.2, 0.25) is 0 Å². The van der Waals surface area contributed by atoms with Crippen LogP contribution in [0, 0.1) is 0 Å². The molecule has 0 aliphatic carbocycles. The molecule has 140 valence electrons. The fourth-order valence-electron chi connectivity index (χ4n) is 3.18. The van der Waals surface area contributed by atoms with Gasteiger partial charge in [-0.15, -0.1) is 0 Å². The Morgan fingerprint density at radius 3 is 2.50 bits per heavy atom. The number of aromatic nitrogens is 4. The van der Waals surface area contributed by atoms with Gasteiger partial charge in [0.25, 0.3) is 5.91 Å². The summed E-state index contributed by atoms with van der Waals surface area (Å²) in [5.41, 5.74) is 3.02. The smallest absolute Gasteiger partial charge is 0.253 e. The number of hydrogen-bond donors (Lipinski definition) is 1. The standard InChI is InChI=1S/C22H21N5O/c1-15(2)27-21-17(14-25-27)12-18(13-24-21)22(28)26-20(16-8-4-3-5-9-16)19-10-6-7-11-23-19/h3-15,20H,1-2H3,(H,26,28). The number of hydrogen-bond acceptors (Lipinski definition) is 4. The van der Waals surface area contributed by atoms with E-state index in [-0.39, 0.29) is 18.0 Å². The van der Waals surface area contributed by atoms with Crippen molar-refractivity contribution in [1.82, 2.24) is 25.1 Å². The summed E-state index contributed by atoms with van der Waals surface area (Å²) in [5.74, 6) is -0.203. The van der Waals surface area contributed by atoms with Gasteiger partial charge in [0.1, 0.15) is 0 Å². The average molecular weight is 371 g/mol. The second-order valence-electron chi connectivity index (χ2n) is 6.89. The van der Waals surface area contributed by atoms with Gasteiger partial charge in [-0.1, -0.05) is 36.4 Å². The summed E-state index contributed by atoms with van der Waals surface area (Å²) in [6, 6.07) is 17.2. The topological polar surface area (TPSA) is 72.7 Å². The predicted octanol–water partition coefficient (Wildman–Crippen LogP) is 3.93. The Balaban J connectivity index is 1.65. The molecule has 1 amide bonds. The molecule has 3 heterocycles. The zero-order valence-corrected chi connectivity index (χ0v) is 15.8. The summed E-state index contributed by atoms with van der Waals surface area (Å²) in [4.78, 5) is 21.9. The van der Waals surface area contributed by atoms with Crippen molar-refractivity contribution in [3.05, 3.63) is 90.0 Å². The average Bonchev–Trinajstić information content (AvgIpc) is 3.16.